The third kappa shape index (κ3) is 4.81. The molecule has 0 spiro atoms. The average Bonchev–Trinajstić information content (AvgIpc) is 2.51. The Labute approximate surface area is 154 Å². The number of fused-ring (bicyclic) bond motifs is 1. The summed E-state index contributed by atoms with van der Waals surface area (Å²) in [6.45, 7) is 8.24. The lowest BCUT2D eigenvalue weighted by atomic mass is 9.95. The highest BCUT2D eigenvalue weighted by Gasteiger charge is 2.45. The Bertz CT molecular complexity index is 632. The van der Waals surface area contributed by atoms with Gasteiger partial charge in [-0.1, -0.05) is 24.3 Å². The summed E-state index contributed by atoms with van der Waals surface area (Å²) in [4.78, 5) is 27.3. The van der Waals surface area contributed by atoms with E-state index in [1.54, 1.807) is 20.8 Å². The van der Waals surface area contributed by atoms with E-state index in [1.807, 2.05) is 0 Å². The predicted molar refractivity (Wildman–Crippen MR) is 97.2 cm³/mol. The lowest BCUT2D eigenvalue weighted by molar-refractivity contribution is -1.10. The molecule has 1 fully saturated rings. The van der Waals surface area contributed by atoms with E-state index in [2.05, 4.69) is 29.6 Å². The van der Waals surface area contributed by atoms with Crippen LogP contribution in [0.3, 0.4) is 0 Å². The molecule has 0 bridgehead atoms. The molecule has 144 valence electrons. The lowest BCUT2D eigenvalue weighted by Crippen LogP contribution is -2.66. The van der Waals surface area contributed by atoms with Gasteiger partial charge in [0.1, 0.15) is 12.2 Å². The topological polar surface area (TPSA) is 87.7 Å². The molecule has 1 aliphatic heterocycles. The number of amides is 1. The fourth-order valence-corrected chi connectivity index (χ4v) is 2.73. The summed E-state index contributed by atoms with van der Waals surface area (Å²) in [5.74, 6) is -0.958. The molecule has 1 heterocycles. The molecule has 3 atom stereocenters. The van der Waals surface area contributed by atoms with Crippen molar-refractivity contribution in [2.75, 3.05) is 6.61 Å². The van der Waals surface area contributed by atoms with Gasteiger partial charge in [-0.2, -0.15) is 4.81 Å². The van der Waals surface area contributed by atoms with Gasteiger partial charge in [0.25, 0.3) is 0 Å². The number of carbonyl (C=O) groups is 2. The molecule has 0 aromatic carbocycles. The van der Waals surface area contributed by atoms with E-state index in [9.17, 15) is 14.8 Å². The van der Waals surface area contributed by atoms with Crippen molar-refractivity contribution in [3.05, 3.63) is 29.5 Å². The smallest absolute Gasteiger partial charge is 0.368 e. The minimum absolute atomic E-state index is 0.257. The molecular weight excluding hydrogens is 336 g/mol. The van der Waals surface area contributed by atoms with Crippen LogP contribution in [0.25, 0.3) is 11.1 Å². The monoisotopic (exact) mass is 364 g/mol. The minimum atomic E-state index is -1.23. The summed E-state index contributed by atoms with van der Waals surface area (Å²) in [6, 6.07) is 7.42. The summed E-state index contributed by atoms with van der Waals surface area (Å²) in [5.41, 5.74) is 2.18. The Balaban J connectivity index is 0.000000331. The Morgan fingerprint density at radius 2 is 1.81 bits per heavy atom. The van der Waals surface area contributed by atoms with Crippen LogP contribution in [0.15, 0.2) is 24.3 Å². The molecule has 3 unspecified atom stereocenters. The van der Waals surface area contributed by atoms with Crippen LogP contribution in [0.4, 0.5) is 0 Å². The number of nitrogens with zero attached hydrogens (tertiary/aromatic N) is 1. The first-order valence-electron chi connectivity index (χ1n) is 8.87. The summed E-state index contributed by atoms with van der Waals surface area (Å²) >= 11 is 0. The molecule has 1 saturated heterocycles. The van der Waals surface area contributed by atoms with Gasteiger partial charge in [0.15, 0.2) is 6.17 Å². The Morgan fingerprint density at radius 3 is 2.19 bits per heavy atom. The van der Waals surface area contributed by atoms with Crippen molar-refractivity contribution < 1.29 is 24.0 Å². The van der Waals surface area contributed by atoms with Crippen LogP contribution in [0, 0.1) is 5.21 Å². The molecule has 26 heavy (non-hydrogen) atoms. The zero-order valence-corrected chi connectivity index (χ0v) is 16.1. The van der Waals surface area contributed by atoms with Crippen LogP contribution >= 0.6 is 0 Å². The largest absolute Gasteiger partial charge is 0.596 e. The first kappa shape index (κ1) is 20.4. The molecule has 2 aliphatic carbocycles. The van der Waals surface area contributed by atoms with E-state index in [4.69, 9.17) is 9.57 Å². The van der Waals surface area contributed by atoms with Crippen molar-refractivity contribution in [3.63, 3.8) is 0 Å². The summed E-state index contributed by atoms with van der Waals surface area (Å²) in [5, 5.41) is 15.4. The Kier molecular flexibility index (Phi) is 6.05. The van der Waals surface area contributed by atoms with Crippen molar-refractivity contribution >= 4 is 11.9 Å². The predicted octanol–water partition coefficient (Wildman–Crippen LogP) is 2.89. The average molecular weight is 364 g/mol. The molecule has 0 radical (unpaired) electrons. The van der Waals surface area contributed by atoms with Crippen LogP contribution in [-0.4, -0.2) is 41.1 Å². The maximum Gasteiger partial charge on any atom is 0.368 e. The van der Waals surface area contributed by atoms with E-state index in [0.29, 0.717) is 12.8 Å². The second kappa shape index (κ2) is 7.73. The van der Waals surface area contributed by atoms with Crippen LogP contribution in [0.2, 0.25) is 0 Å². The SMILES string of the molecule is CC(=O)NC1CCCO[N+]1([O-])C(C)C(=O)OC(C)(C)C.c1cc2ccc1-2. The number of rotatable bonds is 3. The third-order valence-electron chi connectivity index (χ3n) is 4.23. The van der Waals surface area contributed by atoms with Crippen LogP contribution < -0.4 is 5.32 Å². The van der Waals surface area contributed by atoms with Crippen LogP contribution in [0.1, 0.15) is 47.5 Å². The number of nitrogens with one attached hydrogen (secondary N) is 1. The highest BCUT2D eigenvalue weighted by molar-refractivity contribution is 5.75. The van der Waals surface area contributed by atoms with Gasteiger partial charge in [-0.15, -0.1) is 0 Å². The van der Waals surface area contributed by atoms with Gasteiger partial charge in [-0.3, -0.25) is 4.79 Å². The zero-order valence-electron chi connectivity index (χ0n) is 16.1. The quantitative estimate of drug-likeness (QED) is 0.514. The van der Waals surface area contributed by atoms with Crippen molar-refractivity contribution in [2.24, 2.45) is 0 Å². The molecule has 7 heteroatoms. The molecule has 7 nitrogen and oxygen atoms in total. The normalized spacial score (nSPS) is 24.6. The fourth-order valence-electron chi connectivity index (χ4n) is 2.73. The van der Waals surface area contributed by atoms with E-state index >= 15 is 0 Å². The Morgan fingerprint density at radius 1 is 1.27 bits per heavy atom. The number of esters is 1. The van der Waals surface area contributed by atoms with Gasteiger partial charge in [-0.05, 0) is 38.3 Å². The maximum atomic E-state index is 12.8. The fraction of sp³-hybridized carbons (Fsp3) is 0.579. The van der Waals surface area contributed by atoms with Gasteiger partial charge in [0.2, 0.25) is 11.9 Å². The molecule has 0 aromatic rings. The van der Waals surface area contributed by atoms with Gasteiger partial charge in [0, 0.05) is 20.3 Å². The molecule has 0 aromatic heterocycles. The summed E-state index contributed by atoms with van der Waals surface area (Å²) < 4.78 is 5.22. The molecular formula is C19H28N2O5. The maximum absolute atomic E-state index is 12.8. The first-order valence-corrected chi connectivity index (χ1v) is 8.87. The molecule has 3 rings (SSSR count). The van der Waals surface area contributed by atoms with E-state index in [1.165, 1.54) is 25.0 Å². The van der Waals surface area contributed by atoms with Gasteiger partial charge >= 0.3 is 5.97 Å². The van der Waals surface area contributed by atoms with Crippen molar-refractivity contribution in [1.29, 1.82) is 0 Å². The van der Waals surface area contributed by atoms with Crippen molar-refractivity contribution in [3.8, 4) is 11.1 Å². The third-order valence-corrected chi connectivity index (χ3v) is 4.23. The number of benzene rings is 1. The van der Waals surface area contributed by atoms with Gasteiger partial charge in [-0.25, -0.2) is 9.63 Å². The zero-order chi connectivity index (χ0) is 19.5. The van der Waals surface area contributed by atoms with Crippen molar-refractivity contribution in [2.45, 2.75) is 65.3 Å². The van der Waals surface area contributed by atoms with E-state index in [0.717, 1.165) is 0 Å². The number of quaternary nitrogens is 1. The van der Waals surface area contributed by atoms with Crippen LogP contribution in [-0.2, 0) is 19.2 Å². The van der Waals surface area contributed by atoms with Gasteiger partial charge < -0.3 is 15.3 Å². The van der Waals surface area contributed by atoms with Gasteiger partial charge in [0.05, 0.1) is 0 Å². The highest BCUT2D eigenvalue weighted by Crippen LogP contribution is 2.29. The summed E-state index contributed by atoms with van der Waals surface area (Å²) in [7, 11) is 0. The number of hydrogen-bond donors (Lipinski definition) is 1. The molecule has 0 saturated carbocycles. The number of hydrogen-bond acceptors (Lipinski definition) is 5. The number of carbonyl (C=O) groups excluding carboxylic acids is 2. The first-order chi connectivity index (χ1) is 12.0. The van der Waals surface area contributed by atoms with E-state index in [-0.39, 0.29) is 12.5 Å². The molecule has 1 N–H and O–H groups in total. The van der Waals surface area contributed by atoms with Crippen molar-refractivity contribution in [1.82, 2.24) is 5.32 Å². The van der Waals surface area contributed by atoms with E-state index < -0.39 is 28.6 Å². The second-order valence-electron chi connectivity index (χ2n) is 7.62. The lowest BCUT2D eigenvalue weighted by Gasteiger charge is -2.50. The molecule has 1 amide bonds. The highest BCUT2D eigenvalue weighted by atomic mass is 16.9. The van der Waals surface area contributed by atoms with Crippen LogP contribution in [0.5, 0.6) is 0 Å². The Hall–Kier alpha value is -1.96. The standard InChI is InChI=1S/C13H24N2O5.C6H4/c1-9(12(17)20-13(3,4)5)15(18)11(14-10(2)16)7-6-8-19-15;1-2-6-4-3-5(1)6/h9,11H,6-8H2,1-5H3,(H,14,16);1-4H. The number of ether oxygens (including phenoxy) is 1. The molecule has 3 aliphatic rings. The second-order valence-corrected chi connectivity index (χ2v) is 7.62. The summed E-state index contributed by atoms with van der Waals surface area (Å²) in [6.07, 6.45) is 0.341. The number of hydroxylamine groups is 4. The minimum Gasteiger partial charge on any atom is -0.596 e.